The summed E-state index contributed by atoms with van der Waals surface area (Å²) < 4.78 is 40.4. The van der Waals surface area contributed by atoms with Crippen molar-refractivity contribution in [2.45, 2.75) is 18.7 Å². The summed E-state index contributed by atoms with van der Waals surface area (Å²) >= 11 is 0. The van der Waals surface area contributed by atoms with Crippen LogP contribution >= 0.6 is 0 Å². The fourth-order valence-corrected chi connectivity index (χ4v) is 3.63. The third-order valence-electron chi connectivity index (χ3n) is 4.32. The molecule has 1 amide bonds. The number of carbonyl (C=O) groups is 1. The van der Waals surface area contributed by atoms with Crippen LogP contribution in [-0.2, 0) is 10.0 Å². The molecule has 0 atom stereocenters. The molecule has 0 saturated heterocycles. The number of carbonyl (C=O) groups excluding carboxylic acids is 1. The number of benzene rings is 3. The van der Waals surface area contributed by atoms with Gasteiger partial charge in [-0.3, -0.25) is 9.52 Å². The second-order valence-corrected chi connectivity index (χ2v) is 8.32. The Bertz CT molecular complexity index is 1170. The highest BCUT2D eigenvalue weighted by atomic mass is 32.2. The maximum atomic E-state index is 12.9. The first-order valence-electron chi connectivity index (χ1n) is 9.05. The smallest absolute Gasteiger partial charge is 0.271 e. The van der Waals surface area contributed by atoms with Gasteiger partial charge >= 0.3 is 0 Å². The van der Waals surface area contributed by atoms with Crippen molar-refractivity contribution >= 4 is 27.3 Å². The molecular formula is C22H20FN3O3S. The standard InChI is InChI=1S/C22H20FN3O3S/c1-15-3-13-21(14-4-15)30(28,29)26-20-11-7-17(8-12-20)16(2)24-25-22(27)18-5-9-19(23)10-6-18/h3-14,26H,1-2H3,(H,25,27)/b24-16+. The van der Waals surface area contributed by atoms with Crippen molar-refractivity contribution < 1.29 is 17.6 Å². The molecule has 30 heavy (non-hydrogen) atoms. The van der Waals surface area contributed by atoms with Crippen molar-refractivity contribution in [1.82, 2.24) is 5.43 Å². The van der Waals surface area contributed by atoms with E-state index in [0.29, 0.717) is 17.0 Å². The molecule has 0 spiro atoms. The molecule has 0 saturated carbocycles. The van der Waals surface area contributed by atoms with Gasteiger partial charge in [0.15, 0.2) is 0 Å². The van der Waals surface area contributed by atoms with Crippen LogP contribution < -0.4 is 10.1 Å². The van der Waals surface area contributed by atoms with Crippen LogP contribution in [0.1, 0.15) is 28.4 Å². The molecule has 8 heteroatoms. The van der Waals surface area contributed by atoms with Crippen LogP contribution in [0.5, 0.6) is 0 Å². The second-order valence-electron chi connectivity index (χ2n) is 6.64. The summed E-state index contributed by atoms with van der Waals surface area (Å²) in [6.45, 7) is 3.59. The monoisotopic (exact) mass is 425 g/mol. The lowest BCUT2D eigenvalue weighted by Crippen LogP contribution is -2.19. The second kappa shape index (κ2) is 8.87. The maximum absolute atomic E-state index is 12.9. The zero-order valence-electron chi connectivity index (χ0n) is 16.4. The summed E-state index contributed by atoms with van der Waals surface area (Å²) in [6.07, 6.45) is 0. The van der Waals surface area contributed by atoms with Crippen molar-refractivity contribution in [2.24, 2.45) is 5.10 Å². The molecule has 0 fully saturated rings. The fraction of sp³-hybridized carbons (Fsp3) is 0.0909. The lowest BCUT2D eigenvalue weighted by Gasteiger charge is -2.09. The number of hydrazone groups is 1. The van der Waals surface area contributed by atoms with E-state index in [1.54, 1.807) is 55.5 Å². The third kappa shape index (κ3) is 5.30. The van der Waals surface area contributed by atoms with Gasteiger partial charge in [-0.15, -0.1) is 0 Å². The molecule has 2 N–H and O–H groups in total. The van der Waals surface area contributed by atoms with E-state index in [4.69, 9.17) is 0 Å². The predicted octanol–water partition coefficient (Wildman–Crippen LogP) is 4.09. The Morgan fingerprint density at radius 2 is 1.43 bits per heavy atom. The normalized spacial score (nSPS) is 11.8. The lowest BCUT2D eigenvalue weighted by molar-refractivity contribution is 0.0955. The molecule has 154 valence electrons. The van der Waals surface area contributed by atoms with Crippen LogP contribution in [0.15, 0.2) is 82.8 Å². The molecule has 0 aromatic heterocycles. The van der Waals surface area contributed by atoms with E-state index in [1.165, 1.54) is 24.3 Å². The molecule has 0 unspecified atom stereocenters. The summed E-state index contributed by atoms with van der Waals surface area (Å²) in [6, 6.07) is 18.3. The van der Waals surface area contributed by atoms with Crippen molar-refractivity contribution in [3.63, 3.8) is 0 Å². The zero-order valence-corrected chi connectivity index (χ0v) is 17.2. The van der Waals surface area contributed by atoms with Gasteiger partial charge in [0.2, 0.25) is 0 Å². The number of aryl methyl sites for hydroxylation is 1. The first-order chi connectivity index (χ1) is 14.2. The fourth-order valence-electron chi connectivity index (χ4n) is 2.58. The van der Waals surface area contributed by atoms with Crippen LogP contribution in [0.3, 0.4) is 0 Å². The van der Waals surface area contributed by atoms with Crippen molar-refractivity contribution in [3.8, 4) is 0 Å². The van der Waals surface area contributed by atoms with E-state index >= 15 is 0 Å². The van der Waals surface area contributed by atoms with Gasteiger partial charge in [-0.25, -0.2) is 18.2 Å². The number of nitrogens with zero attached hydrogens (tertiary/aromatic N) is 1. The van der Waals surface area contributed by atoms with E-state index in [-0.39, 0.29) is 10.5 Å². The largest absolute Gasteiger partial charge is 0.280 e. The van der Waals surface area contributed by atoms with Crippen LogP contribution in [0.25, 0.3) is 0 Å². The van der Waals surface area contributed by atoms with Gasteiger partial charge in [-0.1, -0.05) is 29.8 Å². The van der Waals surface area contributed by atoms with Gasteiger partial charge in [0, 0.05) is 11.3 Å². The van der Waals surface area contributed by atoms with Gasteiger partial charge in [-0.2, -0.15) is 5.10 Å². The Balaban J connectivity index is 1.67. The molecule has 3 aromatic rings. The number of anilines is 1. The minimum absolute atomic E-state index is 0.179. The molecule has 0 aliphatic rings. The quantitative estimate of drug-likeness (QED) is 0.461. The summed E-state index contributed by atoms with van der Waals surface area (Å²) in [5, 5.41) is 4.04. The third-order valence-corrected chi connectivity index (χ3v) is 5.71. The van der Waals surface area contributed by atoms with Gasteiger partial charge in [-0.05, 0) is 67.9 Å². The van der Waals surface area contributed by atoms with E-state index in [2.05, 4.69) is 15.2 Å². The van der Waals surface area contributed by atoms with E-state index in [0.717, 1.165) is 5.56 Å². The number of sulfonamides is 1. The highest BCUT2D eigenvalue weighted by Gasteiger charge is 2.14. The number of amides is 1. The van der Waals surface area contributed by atoms with Gasteiger partial charge in [0.25, 0.3) is 15.9 Å². The molecule has 0 heterocycles. The first kappa shape index (κ1) is 21.2. The number of rotatable bonds is 6. The van der Waals surface area contributed by atoms with Crippen LogP contribution in [0.2, 0.25) is 0 Å². The molecule has 3 rings (SSSR count). The number of halogens is 1. The highest BCUT2D eigenvalue weighted by Crippen LogP contribution is 2.17. The molecule has 0 aliphatic carbocycles. The van der Waals surface area contributed by atoms with E-state index < -0.39 is 21.7 Å². The van der Waals surface area contributed by atoms with E-state index in [9.17, 15) is 17.6 Å². The highest BCUT2D eigenvalue weighted by molar-refractivity contribution is 7.92. The molecule has 6 nitrogen and oxygen atoms in total. The Morgan fingerprint density at radius 1 is 0.867 bits per heavy atom. The van der Waals surface area contributed by atoms with Crippen molar-refractivity contribution in [3.05, 3.63) is 95.3 Å². The van der Waals surface area contributed by atoms with Crippen molar-refractivity contribution in [2.75, 3.05) is 4.72 Å². The number of hydrogen-bond acceptors (Lipinski definition) is 4. The molecule has 0 bridgehead atoms. The molecule has 3 aromatic carbocycles. The number of hydrogen-bond donors (Lipinski definition) is 2. The topological polar surface area (TPSA) is 87.6 Å². The minimum atomic E-state index is -3.68. The Kier molecular flexibility index (Phi) is 6.27. The lowest BCUT2D eigenvalue weighted by atomic mass is 10.1. The first-order valence-corrected chi connectivity index (χ1v) is 10.5. The van der Waals surface area contributed by atoms with Crippen LogP contribution in [0.4, 0.5) is 10.1 Å². The van der Waals surface area contributed by atoms with E-state index in [1.807, 2.05) is 6.92 Å². The zero-order chi connectivity index (χ0) is 21.7. The van der Waals surface area contributed by atoms with Crippen LogP contribution in [-0.4, -0.2) is 20.0 Å². The molecular weight excluding hydrogens is 405 g/mol. The number of nitrogens with one attached hydrogen (secondary N) is 2. The summed E-state index contributed by atoms with van der Waals surface area (Å²) in [5.74, 6) is -0.888. The SMILES string of the molecule is C/C(=N\NC(=O)c1ccc(F)cc1)c1ccc(NS(=O)(=O)c2ccc(C)cc2)cc1. The van der Waals surface area contributed by atoms with Gasteiger partial charge in [0.1, 0.15) is 5.82 Å². The van der Waals surface area contributed by atoms with Gasteiger partial charge in [0.05, 0.1) is 10.6 Å². The Hall–Kier alpha value is -3.52. The average molecular weight is 425 g/mol. The average Bonchev–Trinajstić information content (AvgIpc) is 2.73. The summed E-state index contributed by atoms with van der Waals surface area (Å²) in [7, 11) is -3.68. The molecule has 0 radical (unpaired) electrons. The molecule has 0 aliphatic heterocycles. The van der Waals surface area contributed by atoms with Crippen molar-refractivity contribution in [1.29, 1.82) is 0 Å². The summed E-state index contributed by atoms with van der Waals surface area (Å²) in [5.41, 5.74) is 5.30. The summed E-state index contributed by atoms with van der Waals surface area (Å²) in [4.78, 5) is 12.2. The maximum Gasteiger partial charge on any atom is 0.271 e. The predicted molar refractivity (Wildman–Crippen MR) is 115 cm³/mol. The Morgan fingerprint density at radius 3 is 2.03 bits per heavy atom. The minimum Gasteiger partial charge on any atom is -0.280 e. The van der Waals surface area contributed by atoms with Gasteiger partial charge < -0.3 is 0 Å². The van der Waals surface area contributed by atoms with Crippen LogP contribution in [0, 0.1) is 12.7 Å². The Labute approximate surface area is 174 Å².